The normalized spacial score (nSPS) is 16.4. The first-order chi connectivity index (χ1) is 9.15. The van der Waals surface area contributed by atoms with Crippen LogP contribution in [0, 0.1) is 6.92 Å². The molecule has 3 rings (SSSR count). The molecule has 1 atom stereocenters. The molecule has 2 N–H and O–H groups in total. The Morgan fingerprint density at radius 2 is 2.32 bits per heavy atom. The van der Waals surface area contributed by atoms with Crippen molar-refractivity contribution in [3.05, 3.63) is 30.1 Å². The first kappa shape index (κ1) is 12.0. The fourth-order valence-corrected chi connectivity index (χ4v) is 2.84. The largest absolute Gasteiger partial charge is 0.481 e. The Balaban J connectivity index is 2.01. The molecular weight excluding hydrogens is 264 g/mol. The number of hydrogen-bond acceptors (Lipinski definition) is 5. The zero-order chi connectivity index (χ0) is 13.4. The first-order valence-electron chi connectivity index (χ1n) is 5.77. The second-order valence-electron chi connectivity index (χ2n) is 4.17. The van der Waals surface area contributed by atoms with Crippen molar-refractivity contribution in [2.75, 3.05) is 11.1 Å². The van der Waals surface area contributed by atoms with Gasteiger partial charge in [-0.05, 0) is 19.1 Å². The Bertz CT molecular complexity index is 640. The molecule has 0 aliphatic carbocycles. The van der Waals surface area contributed by atoms with Gasteiger partial charge < -0.3 is 10.4 Å². The van der Waals surface area contributed by atoms with Crippen LogP contribution < -0.4 is 5.32 Å². The second-order valence-corrected chi connectivity index (χ2v) is 5.24. The van der Waals surface area contributed by atoms with Crippen LogP contribution in [0.4, 0.5) is 5.69 Å². The van der Waals surface area contributed by atoms with Crippen LogP contribution in [0.2, 0.25) is 0 Å². The molecule has 2 heterocycles. The molecule has 1 aromatic heterocycles. The highest BCUT2D eigenvalue weighted by Crippen LogP contribution is 2.38. The van der Waals surface area contributed by atoms with Gasteiger partial charge in [0.15, 0.2) is 11.3 Å². The van der Waals surface area contributed by atoms with Gasteiger partial charge in [0, 0.05) is 11.3 Å². The summed E-state index contributed by atoms with van der Waals surface area (Å²) in [5.74, 6) is 0.617. The third kappa shape index (κ3) is 2.17. The Morgan fingerprint density at radius 1 is 1.53 bits per heavy atom. The summed E-state index contributed by atoms with van der Waals surface area (Å²) in [6.07, 6.45) is 0. The van der Waals surface area contributed by atoms with Gasteiger partial charge in [0.2, 0.25) is 0 Å². The summed E-state index contributed by atoms with van der Waals surface area (Å²) in [5, 5.41) is 16.4. The number of rotatable bonds is 3. The average molecular weight is 276 g/mol. The number of benzene rings is 1. The minimum atomic E-state index is -0.843. The lowest BCUT2D eigenvalue weighted by Crippen LogP contribution is -2.23. The van der Waals surface area contributed by atoms with E-state index in [2.05, 4.69) is 15.4 Å². The zero-order valence-corrected chi connectivity index (χ0v) is 11.0. The quantitative estimate of drug-likeness (QED) is 0.892. The third-order valence-electron chi connectivity index (χ3n) is 2.77. The highest BCUT2D eigenvalue weighted by atomic mass is 32.2. The number of anilines is 1. The van der Waals surface area contributed by atoms with Crippen molar-refractivity contribution in [1.82, 2.24) is 14.8 Å². The Labute approximate surface area is 113 Å². The number of nitrogens with zero attached hydrogens (tertiary/aromatic N) is 3. The fraction of sp³-hybridized carbons (Fsp3) is 0.250. The molecule has 1 aliphatic heterocycles. The molecule has 6 nitrogen and oxygen atoms in total. The number of para-hydroxylation sites is 1. The predicted molar refractivity (Wildman–Crippen MR) is 72.9 cm³/mol. The molecule has 0 saturated heterocycles. The van der Waals surface area contributed by atoms with Gasteiger partial charge in [-0.25, -0.2) is 9.67 Å². The third-order valence-corrected chi connectivity index (χ3v) is 3.82. The van der Waals surface area contributed by atoms with E-state index in [0.717, 1.165) is 17.1 Å². The van der Waals surface area contributed by atoms with E-state index in [1.807, 2.05) is 31.2 Å². The lowest BCUT2D eigenvalue weighted by atomic mass is 10.1. The van der Waals surface area contributed by atoms with Crippen molar-refractivity contribution in [2.24, 2.45) is 0 Å². The maximum atomic E-state index is 10.7. The number of aromatic nitrogens is 3. The molecule has 1 unspecified atom stereocenters. The van der Waals surface area contributed by atoms with Crippen LogP contribution in [0.15, 0.2) is 24.3 Å². The lowest BCUT2D eigenvalue weighted by molar-refractivity contribution is -0.133. The van der Waals surface area contributed by atoms with Gasteiger partial charge in [0.1, 0.15) is 5.82 Å². The van der Waals surface area contributed by atoms with Crippen LogP contribution in [0.5, 0.6) is 0 Å². The van der Waals surface area contributed by atoms with Gasteiger partial charge in [-0.1, -0.05) is 12.1 Å². The van der Waals surface area contributed by atoms with Crippen molar-refractivity contribution in [3.63, 3.8) is 0 Å². The van der Waals surface area contributed by atoms with Crippen LogP contribution >= 0.6 is 11.8 Å². The maximum absolute atomic E-state index is 10.7. The molecular formula is C12H12N4O2S. The number of thioether (sulfide) groups is 1. The number of nitrogens with one attached hydrogen (secondary N) is 1. The van der Waals surface area contributed by atoms with Crippen LogP contribution in [0.3, 0.4) is 0 Å². The molecule has 98 valence electrons. The number of carbonyl (C=O) groups is 1. The van der Waals surface area contributed by atoms with Gasteiger partial charge >= 0.3 is 5.97 Å². The summed E-state index contributed by atoms with van der Waals surface area (Å²) in [6.45, 7) is 1.83. The Kier molecular flexibility index (Phi) is 2.90. The van der Waals surface area contributed by atoms with E-state index < -0.39 is 5.97 Å². The molecule has 0 bridgehead atoms. The summed E-state index contributed by atoms with van der Waals surface area (Å²) < 4.78 is 1.74. The number of carboxylic acids is 1. The first-order valence-corrected chi connectivity index (χ1v) is 6.82. The smallest absolute Gasteiger partial charge is 0.313 e. The number of fused-ring (bicyclic) bond motifs is 3. The lowest BCUT2D eigenvalue weighted by Gasteiger charge is -2.26. The van der Waals surface area contributed by atoms with Crippen LogP contribution in [-0.2, 0) is 4.79 Å². The van der Waals surface area contributed by atoms with E-state index in [4.69, 9.17) is 5.11 Å². The van der Waals surface area contributed by atoms with Crippen molar-refractivity contribution < 1.29 is 9.90 Å². The molecule has 0 radical (unpaired) electrons. The molecule has 1 aromatic carbocycles. The second kappa shape index (κ2) is 4.58. The van der Waals surface area contributed by atoms with E-state index in [1.165, 1.54) is 11.8 Å². The van der Waals surface area contributed by atoms with Crippen molar-refractivity contribution in [3.8, 4) is 11.4 Å². The van der Waals surface area contributed by atoms with E-state index in [0.29, 0.717) is 5.82 Å². The SMILES string of the molecule is Cc1nc2n(n1)C(SCC(=O)O)Nc1ccccc1-2. The van der Waals surface area contributed by atoms with Crippen LogP contribution in [-0.4, -0.2) is 31.6 Å². The highest BCUT2D eigenvalue weighted by molar-refractivity contribution is 8.00. The highest BCUT2D eigenvalue weighted by Gasteiger charge is 2.26. The van der Waals surface area contributed by atoms with Gasteiger partial charge in [0.05, 0.1) is 5.75 Å². The predicted octanol–water partition coefficient (Wildman–Crippen LogP) is 1.95. The molecule has 0 saturated carbocycles. The van der Waals surface area contributed by atoms with Crippen molar-refractivity contribution in [1.29, 1.82) is 0 Å². The summed E-state index contributed by atoms with van der Waals surface area (Å²) in [4.78, 5) is 15.1. The van der Waals surface area contributed by atoms with Gasteiger partial charge in [-0.3, -0.25) is 4.79 Å². The number of hydrogen-bond donors (Lipinski definition) is 2. The van der Waals surface area contributed by atoms with Gasteiger partial charge in [-0.15, -0.1) is 11.8 Å². The van der Waals surface area contributed by atoms with E-state index in [-0.39, 0.29) is 11.3 Å². The van der Waals surface area contributed by atoms with Gasteiger partial charge in [0.25, 0.3) is 0 Å². The van der Waals surface area contributed by atoms with Crippen molar-refractivity contribution >= 4 is 23.4 Å². The number of aliphatic carboxylic acids is 1. The van der Waals surface area contributed by atoms with Crippen LogP contribution in [0.1, 0.15) is 11.3 Å². The van der Waals surface area contributed by atoms with E-state index in [9.17, 15) is 4.79 Å². The molecule has 0 amide bonds. The summed E-state index contributed by atoms with van der Waals surface area (Å²) in [7, 11) is 0. The Hall–Kier alpha value is -2.02. The Morgan fingerprint density at radius 3 is 3.11 bits per heavy atom. The number of aryl methyl sites for hydroxylation is 1. The standard InChI is InChI=1S/C12H12N4O2S/c1-7-13-11-8-4-2-3-5-9(8)14-12(16(11)15-7)19-6-10(17)18/h2-5,12,14H,6H2,1H3,(H,17,18). The molecule has 2 aromatic rings. The van der Waals surface area contributed by atoms with Crippen molar-refractivity contribution in [2.45, 2.75) is 12.4 Å². The minimum absolute atomic E-state index is 0.0121. The molecule has 19 heavy (non-hydrogen) atoms. The zero-order valence-electron chi connectivity index (χ0n) is 10.2. The molecule has 1 aliphatic rings. The maximum Gasteiger partial charge on any atom is 0.313 e. The van der Waals surface area contributed by atoms with E-state index in [1.54, 1.807) is 4.68 Å². The summed E-state index contributed by atoms with van der Waals surface area (Å²) in [6, 6.07) is 7.81. The van der Waals surface area contributed by atoms with E-state index >= 15 is 0 Å². The summed E-state index contributed by atoms with van der Waals surface area (Å²) >= 11 is 1.27. The molecule has 0 fully saturated rings. The molecule has 0 spiro atoms. The molecule has 7 heteroatoms. The topological polar surface area (TPSA) is 80.0 Å². The van der Waals surface area contributed by atoms with Gasteiger partial charge in [-0.2, -0.15) is 5.10 Å². The fourth-order valence-electron chi connectivity index (χ4n) is 2.04. The average Bonchev–Trinajstić information content (AvgIpc) is 2.77. The monoisotopic (exact) mass is 276 g/mol. The summed E-state index contributed by atoms with van der Waals surface area (Å²) in [5.41, 5.74) is 1.68. The number of carboxylic acid groups (broad SMARTS) is 1. The van der Waals surface area contributed by atoms with Crippen LogP contribution in [0.25, 0.3) is 11.4 Å². The minimum Gasteiger partial charge on any atom is -0.481 e.